The molecule has 0 aliphatic heterocycles. The van der Waals surface area contributed by atoms with Gasteiger partial charge in [0.25, 0.3) is 5.24 Å². The number of halogens is 1. The Morgan fingerprint density at radius 3 is 2.71 bits per heavy atom. The lowest BCUT2D eigenvalue weighted by atomic mass is 10.2. The van der Waals surface area contributed by atoms with E-state index >= 15 is 0 Å². The topological polar surface area (TPSA) is 26.3 Å². The van der Waals surface area contributed by atoms with E-state index in [1.165, 1.54) is 12.8 Å². The van der Waals surface area contributed by atoms with E-state index in [9.17, 15) is 4.79 Å². The van der Waals surface area contributed by atoms with E-state index in [0.717, 1.165) is 23.5 Å². The Balaban J connectivity index is 2.21. The molecule has 1 aromatic carbocycles. The molecule has 17 heavy (non-hydrogen) atoms. The number of hydrogen-bond acceptors (Lipinski definition) is 3. The van der Waals surface area contributed by atoms with Crippen molar-refractivity contribution < 1.29 is 9.53 Å². The van der Waals surface area contributed by atoms with E-state index in [2.05, 4.69) is 0 Å². The van der Waals surface area contributed by atoms with Crippen molar-refractivity contribution in [2.75, 3.05) is 6.26 Å². The maximum atomic E-state index is 11.1. The highest BCUT2D eigenvalue weighted by Crippen LogP contribution is 2.32. The first-order valence-electron chi connectivity index (χ1n) is 5.75. The molecule has 0 bridgehead atoms. The van der Waals surface area contributed by atoms with Gasteiger partial charge in [-0.25, -0.2) is 0 Å². The first-order chi connectivity index (χ1) is 8.20. The molecular weight excluding hydrogens is 256 g/mol. The molecule has 0 atom stereocenters. The lowest BCUT2D eigenvalue weighted by Gasteiger charge is -2.16. The molecule has 0 amide bonds. The summed E-state index contributed by atoms with van der Waals surface area (Å²) in [5.74, 6) is 0.788. The van der Waals surface area contributed by atoms with Gasteiger partial charge in [-0.15, -0.1) is 11.8 Å². The van der Waals surface area contributed by atoms with Gasteiger partial charge in [0, 0.05) is 10.5 Å². The standard InChI is InChI=1S/C13H15ClO2S/c1-17-12-7-6-9(13(14)15)8-11(12)16-10-4-2-3-5-10/h6-8,10H,2-5H2,1H3. The SMILES string of the molecule is CSc1ccc(C(=O)Cl)cc1OC1CCCC1. The Kier molecular flexibility index (Phi) is 4.35. The number of benzene rings is 1. The smallest absolute Gasteiger partial charge is 0.252 e. The van der Waals surface area contributed by atoms with Gasteiger partial charge in [0.15, 0.2) is 0 Å². The van der Waals surface area contributed by atoms with Gasteiger partial charge >= 0.3 is 0 Å². The lowest BCUT2D eigenvalue weighted by Crippen LogP contribution is -2.11. The van der Waals surface area contributed by atoms with Crippen molar-refractivity contribution in [1.29, 1.82) is 0 Å². The van der Waals surface area contributed by atoms with Gasteiger partial charge in [0.2, 0.25) is 0 Å². The van der Waals surface area contributed by atoms with Crippen LogP contribution in [-0.2, 0) is 0 Å². The second-order valence-corrected chi connectivity index (χ2v) is 5.36. The summed E-state index contributed by atoms with van der Waals surface area (Å²) < 4.78 is 5.96. The Labute approximate surface area is 111 Å². The van der Waals surface area contributed by atoms with E-state index in [0.29, 0.717) is 11.7 Å². The van der Waals surface area contributed by atoms with Crippen molar-refractivity contribution in [2.24, 2.45) is 0 Å². The molecule has 0 N–H and O–H groups in total. The third-order valence-electron chi connectivity index (χ3n) is 2.99. The Hall–Kier alpha value is -0.670. The Morgan fingerprint density at radius 2 is 2.12 bits per heavy atom. The van der Waals surface area contributed by atoms with Gasteiger partial charge in [-0.1, -0.05) is 0 Å². The van der Waals surface area contributed by atoms with Gasteiger partial charge < -0.3 is 4.74 Å². The zero-order chi connectivity index (χ0) is 12.3. The third kappa shape index (κ3) is 3.17. The highest BCUT2D eigenvalue weighted by atomic mass is 35.5. The van der Waals surface area contributed by atoms with E-state index < -0.39 is 5.24 Å². The van der Waals surface area contributed by atoms with Crippen LogP contribution >= 0.6 is 23.4 Å². The molecule has 1 aliphatic carbocycles. The predicted molar refractivity (Wildman–Crippen MR) is 71.3 cm³/mol. The fraction of sp³-hybridized carbons (Fsp3) is 0.462. The lowest BCUT2D eigenvalue weighted by molar-refractivity contribution is 0.108. The van der Waals surface area contributed by atoms with Crippen LogP contribution in [0, 0.1) is 0 Å². The van der Waals surface area contributed by atoms with E-state index in [4.69, 9.17) is 16.3 Å². The van der Waals surface area contributed by atoms with Gasteiger partial charge in [-0.3, -0.25) is 4.79 Å². The minimum atomic E-state index is -0.436. The zero-order valence-electron chi connectivity index (χ0n) is 9.74. The largest absolute Gasteiger partial charge is 0.489 e. The predicted octanol–water partition coefficient (Wildman–Crippen LogP) is 4.11. The molecule has 4 heteroatoms. The number of thioether (sulfide) groups is 1. The average Bonchev–Trinajstić information content (AvgIpc) is 2.81. The van der Waals surface area contributed by atoms with Crippen LogP contribution in [0.15, 0.2) is 23.1 Å². The second kappa shape index (κ2) is 5.78. The molecule has 0 heterocycles. The van der Waals surface area contributed by atoms with Crippen molar-refractivity contribution in [2.45, 2.75) is 36.7 Å². The van der Waals surface area contributed by atoms with Gasteiger partial charge in [0.1, 0.15) is 5.75 Å². The number of carbonyl (C=O) groups is 1. The molecule has 0 unspecified atom stereocenters. The summed E-state index contributed by atoms with van der Waals surface area (Å²) in [6.07, 6.45) is 6.96. The molecule has 0 spiro atoms. The van der Waals surface area contributed by atoms with Gasteiger partial charge in [-0.05, 0) is 61.7 Å². The summed E-state index contributed by atoms with van der Waals surface area (Å²) in [6, 6.07) is 5.38. The molecule has 2 rings (SSSR count). The zero-order valence-corrected chi connectivity index (χ0v) is 11.3. The summed E-state index contributed by atoms with van der Waals surface area (Å²) in [6.45, 7) is 0. The molecule has 92 valence electrons. The first-order valence-corrected chi connectivity index (χ1v) is 7.35. The third-order valence-corrected chi connectivity index (χ3v) is 3.98. The Bertz CT molecular complexity index is 414. The average molecular weight is 271 g/mol. The molecule has 1 aliphatic rings. The maximum Gasteiger partial charge on any atom is 0.252 e. The van der Waals surface area contributed by atoms with Crippen LogP contribution < -0.4 is 4.74 Å². The van der Waals surface area contributed by atoms with Crippen LogP contribution in [0.1, 0.15) is 36.0 Å². The van der Waals surface area contributed by atoms with Crippen LogP contribution in [0.2, 0.25) is 0 Å². The second-order valence-electron chi connectivity index (χ2n) is 4.16. The van der Waals surface area contributed by atoms with Crippen molar-refractivity contribution in [1.82, 2.24) is 0 Å². The van der Waals surface area contributed by atoms with Crippen molar-refractivity contribution >= 4 is 28.6 Å². The molecular formula is C13H15ClO2S. The number of rotatable bonds is 4. The molecule has 1 saturated carbocycles. The van der Waals surface area contributed by atoms with Crippen LogP contribution in [0.4, 0.5) is 0 Å². The molecule has 1 fully saturated rings. The van der Waals surface area contributed by atoms with E-state index in [-0.39, 0.29) is 0 Å². The maximum absolute atomic E-state index is 11.1. The van der Waals surface area contributed by atoms with Crippen LogP contribution in [0.5, 0.6) is 5.75 Å². The normalized spacial score (nSPS) is 16.1. The summed E-state index contributed by atoms with van der Waals surface area (Å²) in [7, 11) is 0. The highest BCUT2D eigenvalue weighted by molar-refractivity contribution is 7.98. The fourth-order valence-corrected chi connectivity index (χ4v) is 2.71. The first kappa shape index (κ1) is 12.8. The minimum Gasteiger partial charge on any atom is -0.489 e. The van der Waals surface area contributed by atoms with Gasteiger partial charge in [-0.2, -0.15) is 0 Å². The number of ether oxygens (including phenoxy) is 1. The van der Waals surface area contributed by atoms with Crippen molar-refractivity contribution in [3.63, 3.8) is 0 Å². The number of hydrogen-bond donors (Lipinski definition) is 0. The summed E-state index contributed by atoms with van der Waals surface area (Å²) in [4.78, 5) is 12.2. The van der Waals surface area contributed by atoms with Crippen LogP contribution in [-0.4, -0.2) is 17.6 Å². The number of carbonyl (C=O) groups excluding carboxylic acids is 1. The molecule has 0 aromatic heterocycles. The van der Waals surface area contributed by atoms with E-state index in [1.54, 1.807) is 23.9 Å². The van der Waals surface area contributed by atoms with E-state index in [1.807, 2.05) is 12.3 Å². The molecule has 2 nitrogen and oxygen atoms in total. The highest BCUT2D eigenvalue weighted by Gasteiger charge is 2.18. The fourth-order valence-electron chi connectivity index (χ4n) is 2.08. The van der Waals surface area contributed by atoms with Gasteiger partial charge in [0.05, 0.1) is 6.10 Å². The quantitative estimate of drug-likeness (QED) is 0.608. The molecule has 0 radical (unpaired) electrons. The van der Waals surface area contributed by atoms with Crippen molar-refractivity contribution in [3.05, 3.63) is 23.8 Å². The summed E-state index contributed by atoms with van der Waals surface area (Å²) in [5.41, 5.74) is 0.498. The Morgan fingerprint density at radius 1 is 1.41 bits per heavy atom. The van der Waals surface area contributed by atoms with Crippen LogP contribution in [0.3, 0.4) is 0 Å². The summed E-state index contributed by atoms with van der Waals surface area (Å²) >= 11 is 7.11. The summed E-state index contributed by atoms with van der Waals surface area (Å²) in [5, 5.41) is -0.436. The van der Waals surface area contributed by atoms with Crippen molar-refractivity contribution in [3.8, 4) is 5.75 Å². The molecule has 1 aromatic rings. The minimum absolute atomic E-state index is 0.293. The molecule has 0 saturated heterocycles. The monoisotopic (exact) mass is 270 g/mol. The van der Waals surface area contributed by atoms with Crippen LogP contribution in [0.25, 0.3) is 0 Å².